The Balaban J connectivity index is 2.56. The van der Waals surface area contributed by atoms with E-state index < -0.39 is 11.8 Å². The molecule has 3 nitrogen and oxygen atoms in total. The number of carboxylic acid groups (broad SMARTS) is 1. The molecule has 2 N–H and O–H groups in total. The fourth-order valence-corrected chi connectivity index (χ4v) is 2.27. The maximum Gasteiger partial charge on any atom is 0.336 e. The SMILES string of the molecule is CC(C)CCCCNc1ccc(C(=O)O)c(Br)c1F. The highest BCUT2D eigenvalue weighted by Gasteiger charge is 2.15. The smallest absolute Gasteiger partial charge is 0.336 e. The largest absolute Gasteiger partial charge is 0.478 e. The van der Waals surface area contributed by atoms with Crippen LogP contribution >= 0.6 is 15.9 Å². The van der Waals surface area contributed by atoms with E-state index in [4.69, 9.17) is 5.11 Å². The quantitative estimate of drug-likeness (QED) is 0.722. The number of carbonyl (C=O) groups is 1. The number of rotatable bonds is 7. The van der Waals surface area contributed by atoms with E-state index >= 15 is 0 Å². The van der Waals surface area contributed by atoms with E-state index in [1.54, 1.807) is 0 Å². The Kier molecular flexibility index (Phi) is 6.28. The molecule has 0 unspecified atom stereocenters. The summed E-state index contributed by atoms with van der Waals surface area (Å²) < 4.78 is 13.9. The van der Waals surface area contributed by atoms with E-state index in [1.807, 2.05) is 0 Å². The van der Waals surface area contributed by atoms with Gasteiger partial charge in [-0.2, -0.15) is 0 Å². The lowest BCUT2D eigenvalue weighted by Gasteiger charge is -2.10. The van der Waals surface area contributed by atoms with Crippen molar-refractivity contribution >= 4 is 27.6 Å². The van der Waals surface area contributed by atoms with Crippen molar-refractivity contribution in [1.82, 2.24) is 0 Å². The van der Waals surface area contributed by atoms with E-state index in [-0.39, 0.29) is 10.0 Å². The van der Waals surface area contributed by atoms with Crippen molar-refractivity contribution in [1.29, 1.82) is 0 Å². The Hall–Kier alpha value is -1.10. The van der Waals surface area contributed by atoms with E-state index in [1.165, 1.54) is 12.1 Å². The highest BCUT2D eigenvalue weighted by Crippen LogP contribution is 2.27. The van der Waals surface area contributed by atoms with Crippen LogP contribution in [-0.2, 0) is 0 Å². The molecule has 106 valence electrons. The number of carboxylic acids is 1. The Bertz CT molecular complexity index is 449. The van der Waals surface area contributed by atoms with Crippen LogP contribution in [0.4, 0.5) is 10.1 Å². The minimum absolute atomic E-state index is 0.00724. The molecule has 0 bridgehead atoms. The second kappa shape index (κ2) is 7.48. The minimum atomic E-state index is -1.14. The normalized spacial score (nSPS) is 10.8. The average Bonchev–Trinajstić information content (AvgIpc) is 2.33. The molecule has 0 heterocycles. The van der Waals surface area contributed by atoms with Crippen LogP contribution in [0.5, 0.6) is 0 Å². The van der Waals surface area contributed by atoms with Crippen LogP contribution in [0.3, 0.4) is 0 Å². The first-order valence-corrected chi connectivity index (χ1v) is 7.18. The summed E-state index contributed by atoms with van der Waals surface area (Å²) >= 11 is 2.98. The molecule has 0 amide bonds. The monoisotopic (exact) mass is 331 g/mol. The van der Waals surface area contributed by atoms with Gasteiger partial charge in [0.2, 0.25) is 0 Å². The molecule has 1 rings (SSSR count). The third-order valence-corrected chi connectivity index (χ3v) is 3.61. The molecule has 0 saturated heterocycles. The summed E-state index contributed by atoms with van der Waals surface area (Å²) in [6, 6.07) is 2.86. The molecule has 0 aromatic heterocycles. The number of hydrogen-bond donors (Lipinski definition) is 2. The Morgan fingerprint density at radius 2 is 2.11 bits per heavy atom. The summed E-state index contributed by atoms with van der Waals surface area (Å²) in [4.78, 5) is 10.8. The molecule has 0 spiro atoms. The summed E-state index contributed by atoms with van der Waals surface area (Å²) in [6.45, 7) is 5.03. The number of unbranched alkanes of at least 4 members (excludes halogenated alkanes) is 1. The van der Waals surface area contributed by atoms with Crippen molar-refractivity contribution in [2.75, 3.05) is 11.9 Å². The fraction of sp³-hybridized carbons (Fsp3) is 0.500. The number of anilines is 1. The third-order valence-electron chi connectivity index (χ3n) is 2.84. The average molecular weight is 332 g/mol. The number of nitrogens with one attached hydrogen (secondary N) is 1. The lowest BCUT2D eigenvalue weighted by molar-refractivity contribution is 0.0695. The molecule has 1 aromatic carbocycles. The van der Waals surface area contributed by atoms with Crippen molar-refractivity contribution in [3.05, 3.63) is 28.0 Å². The van der Waals surface area contributed by atoms with E-state index in [0.29, 0.717) is 18.2 Å². The number of aromatic carboxylic acids is 1. The highest BCUT2D eigenvalue weighted by molar-refractivity contribution is 9.10. The van der Waals surface area contributed by atoms with E-state index in [0.717, 1.165) is 19.3 Å². The lowest BCUT2D eigenvalue weighted by atomic mass is 10.1. The highest BCUT2D eigenvalue weighted by atomic mass is 79.9. The van der Waals surface area contributed by atoms with Crippen molar-refractivity contribution in [3.8, 4) is 0 Å². The van der Waals surface area contributed by atoms with Crippen molar-refractivity contribution in [3.63, 3.8) is 0 Å². The van der Waals surface area contributed by atoms with Gasteiger partial charge in [-0.25, -0.2) is 9.18 Å². The van der Waals surface area contributed by atoms with Crippen LogP contribution in [-0.4, -0.2) is 17.6 Å². The van der Waals surface area contributed by atoms with Gasteiger partial charge in [0.15, 0.2) is 5.82 Å². The van der Waals surface area contributed by atoms with Gasteiger partial charge >= 0.3 is 5.97 Å². The van der Waals surface area contributed by atoms with Crippen LogP contribution in [0, 0.1) is 11.7 Å². The lowest BCUT2D eigenvalue weighted by Crippen LogP contribution is -2.06. The number of halogens is 2. The molecular weight excluding hydrogens is 313 g/mol. The number of benzene rings is 1. The Labute approximate surface area is 121 Å². The van der Waals surface area contributed by atoms with E-state index in [9.17, 15) is 9.18 Å². The minimum Gasteiger partial charge on any atom is -0.478 e. The zero-order chi connectivity index (χ0) is 14.4. The van der Waals surface area contributed by atoms with Crippen molar-refractivity contribution in [2.45, 2.75) is 33.1 Å². The maximum absolute atomic E-state index is 13.9. The molecule has 0 saturated carbocycles. The molecule has 0 aliphatic heterocycles. The van der Waals surface area contributed by atoms with Gasteiger partial charge < -0.3 is 10.4 Å². The first-order chi connectivity index (χ1) is 8.93. The molecule has 19 heavy (non-hydrogen) atoms. The second-order valence-corrected chi connectivity index (χ2v) is 5.70. The molecular formula is C14H19BrFNO2. The van der Waals surface area contributed by atoms with Gasteiger partial charge in [0.1, 0.15) is 0 Å². The van der Waals surface area contributed by atoms with Gasteiger partial charge in [0, 0.05) is 6.54 Å². The molecule has 1 aromatic rings. The number of hydrogen-bond acceptors (Lipinski definition) is 2. The molecule has 0 radical (unpaired) electrons. The Morgan fingerprint density at radius 3 is 2.68 bits per heavy atom. The molecule has 0 aliphatic carbocycles. The predicted octanol–water partition coefficient (Wildman–Crippen LogP) is 4.52. The van der Waals surface area contributed by atoms with Gasteiger partial charge in [0.25, 0.3) is 0 Å². The topological polar surface area (TPSA) is 49.3 Å². The molecule has 0 atom stereocenters. The van der Waals surface area contributed by atoms with Crippen molar-refractivity contribution in [2.24, 2.45) is 5.92 Å². The van der Waals surface area contributed by atoms with Crippen LogP contribution in [0.15, 0.2) is 16.6 Å². The molecule has 0 aliphatic rings. The predicted molar refractivity (Wildman–Crippen MR) is 78.2 cm³/mol. The van der Waals surface area contributed by atoms with Gasteiger partial charge in [0.05, 0.1) is 15.7 Å². The first-order valence-electron chi connectivity index (χ1n) is 6.38. The summed E-state index contributed by atoms with van der Waals surface area (Å²) in [5.74, 6) is -1.02. The van der Waals surface area contributed by atoms with Gasteiger partial charge in [-0.3, -0.25) is 0 Å². The second-order valence-electron chi connectivity index (χ2n) is 4.91. The molecule has 0 fully saturated rings. The third kappa shape index (κ3) is 4.82. The fourth-order valence-electron chi connectivity index (χ4n) is 1.75. The zero-order valence-corrected chi connectivity index (χ0v) is 12.8. The maximum atomic E-state index is 13.9. The first kappa shape index (κ1) is 16.0. The van der Waals surface area contributed by atoms with Gasteiger partial charge in [-0.05, 0) is 40.4 Å². The summed E-state index contributed by atoms with van der Waals surface area (Å²) in [5.41, 5.74) is 0.268. The van der Waals surface area contributed by atoms with Crippen LogP contribution in [0.1, 0.15) is 43.5 Å². The van der Waals surface area contributed by atoms with Gasteiger partial charge in [-0.15, -0.1) is 0 Å². The van der Waals surface area contributed by atoms with Gasteiger partial charge in [-0.1, -0.05) is 26.7 Å². The van der Waals surface area contributed by atoms with Crippen LogP contribution < -0.4 is 5.32 Å². The summed E-state index contributed by atoms with van der Waals surface area (Å²) in [6.07, 6.45) is 3.22. The summed E-state index contributed by atoms with van der Waals surface area (Å²) in [7, 11) is 0. The Morgan fingerprint density at radius 1 is 1.42 bits per heavy atom. The standard InChI is InChI=1S/C14H19BrFNO2/c1-9(2)5-3-4-8-17-11-7-6-10(14(18)19)12(15)13(11)16/h6-7,9,17H,3-5,8H2,1-2H3,(H,18,19). The molecule has 5 heteroatoms. The van der Waals surface area contributed by atoms with Crippen LogP contribution in [0.25, 0.3) is 0 Å². The van der Waals surface area contributed by atoms with E-state index in [2.05, 4.69) is 35.1 Å². The zero-order valence-electron chi connectivity index (χ0n) is 11.2. The van der Waals surface area contributed by atoms with Crippen LogP contribution in [0.2, 0.25) is 0 Å². The summed E-state index contributed by atoms with van der Waals surface area (Å²) in [5, 5.41) is 11.9. The van der Waals surface area contributed by atoms with Crippen molar-refractivity contribution < 1.29 is 14.3 Å².